The topological polar surface area (TPSA) is 32.3 Å². The van der Waals surface area contributed by atoms with Crippen LogP contribution < -0.4 is 5.32 Å². The third-order valence-electron chi connectivity index (χ3n) is 5.93. The molecule has 1 aliphatic heterocycles. The first-order valence-corrected chi connectivity index (χ1v) is 8.89. The van der Waals surface area contributed by atoms with E-state index < -0.39 is 0 Å². The molecule has 1 spiro atoms. The Balaban J connectivity index is 1.58. The molecule has 1 saturated carbocycles. The average molecular weight is 290 g/mol. The number of hydrogen-bond donors (Lipinski definition) is 1. The molecule has 3 aliphatic rings. The predicted molar refractivity (Wildman–Crippen MR) is 86.2 cm³/mol. The van der Waals surface area contributed by atoms with E-state index in [9.17, 15) is 4.79 Å². The predicted octanol–water partition coefficient (Wildman–Crippen LogP) is 4.10. The van der Waals surface area contributed by atoms with Crippen molar-refractivity contribution in [2.75, 3.05) is 13.1 Å². The van der Waals surface area contributed by atoms with Gasteiger partial charge < -0.3 is 10.2 Å². The Hall–Kier alpha value is -0.990. The number of likely N-dealkylation sites (tertiary alicyclic amines) is 1. The van der Waals surface area contributed by atoms with Gasteiger partial charge in [-0.1, -0.05) is 31.9 Å². The summed E-state index contributed by atoms with van der Waals surface area (Å²) in [4.78, 5) is 14.7. The molecule has 3 nitrogen and oxygen atoms in total. The first kappa shape index (κ1) is 14.9. The van der Waals surface area contributed by atoms with Crippen LogP contribution in [0.2, 0.25) is 0 Å². The normalized spacial score (nSPS) is 36.7. The van der Waals surface area contributed by atoms with E-state index in [2.05, 4.69) is 29.3 Å². The summed E-state index contributed by atoms with van der Waals surface area (Å²) in [5.41, 5.74) is 0.378. The number of carbonyl (C=O) groups is 1. The van der Waals surface area contributed by atoms with Gasteiger partial charge in [-0.3, -0.25) is 0 Å². The molecule has 2 aliphatic carbocycles. The Labute approximate surface area is 129 Å². The monoisotopic (exact) mass is 290 g/mol. The number of carbonyl (C=O) groups excluding carboxylic acids is 1. The van der Waals surface area contributed by atoms with E-state index in [0.717, 1.165) is 25.9 Å². The fraction of sp³-hybridized carbons (Fsp3) is 0.833. The van der Waals surface area contributed by atoms with E-state index in [-0.39, 0.29) is 6.03 Å². The number of urea groups is 1. The van der Waals surface area contributed by atoms with Crippen LogP contribution in [0.25, 0.3) is 0 Å². The van der Waals surface area contributed by atoms with Crippen molar-refractivity contribution in [1.29, 1.82) is 0 Å². The van der Waals surface area contributed by atoms with Gasteiger partial charge in [0.15, 0.2) is 0 Å². The molecule has 118 valence electrons. The molecule has 1 heterocycles. The standard InChI is InChI=1S/C18H30N2O/c1-15-8-3-4-9-16(15)19-17(21)20-13-7-12-18(14-20)10-5-2-6-11-18/h2,5,15-16H,3-4,6-14H2,1H3,(H,19,21)/t15-,16+,18+/m1/s1. The van der Waals surface area contributed by atoms with Crippen LogP contribution in [0.1, 0.15) is 64.7 Å². The number of allylic oxidation sites excluding steroid dienone is 2. The zero-order chi connectivity index (χ0) is 14.7. The SMILES string of the molecule is C[C@@H]1CCCC[C@@H]1NC(=O)N1CCC[C@@]2(CC=CCC2)C1. The highest BCUT2D eigenvalue weighted by Gasteiger charge is 2.37. The van der Waals surface area contributed by atoms with Gasteiger partial charge >= 0.3 is 6.03 Å². The maximum Gasteiger partial charge on any atom is 0.317 e. The van der Waals surface area contributed by atoms with Gasteiger partial charge in [0.25, 0.3) is 0 Å². The van der Waals surface area contributed by atoms with Crippen LogP contribution in [0.5, 0.6) is 0 Å². The number of rotatable bonds is 1. The number of nitrogens with one attached hydrogen (secondary N) is 1. The van der Waals surface area contributed by atoms with Crippen molar-refractivity contribution in [3.8, 4) is 0 Å². The van der Waals surface area contributed by atoms with E-state index >= 15 is 0 Å². The molecule has 1 saturated heterocycles. The van der Waals surface area contributed by atoms with Gasteiger partial charge in [-0.2, -0.15) is 0 Å². The zero-order valence-corrected chi connectivity index (χ0v) is 13.4. The summed E-state index contributed by atoms with van der Waals surface area (Å²) in [6.45, 7) is 4.19. The van der Waals surface area contributed by atoms with Crippen LogP contribution >= 0.6 is 0 Å². The molecular formula is C18H30N2O. The van der Waals surface area contributed by atoms with Crippen molar-refractivity contribution < 1.29 is 4.79 Å². The molecule has 0 bridgehead atoms. The summed E-state index contributed by atoms with van der Waals surface area (Å²) in [5, 5.41) is 3.33. The minimum atomic E-state index is 0.197. The van der Waals surface area contributed by atoms with Gasteiger partial charge in [-0.05, 0) is 56.3 Å². The summed E-state index contributed by atoms with van der Waals surface area (Å²) >= 11 is 0. The van der Waals surface area contributed by atoms with Crippen molar-refractivity contribution in [3.05, 3.63) is 12.2 Å². The van der Waals surface area contributed by atoms with Gasteiger partial charge in [0.05, 0.1) is 0 Å². The zero-order valence-electron chi connectivity index (χ0n) is 13.4. The Morgan fingerprint density at radius 3 is 2.81 bits per heavy atom. The van der Waals surface area contributed by atoms with Gasteiger partial charge in [0.1, 0.15) is 0 Å². The third kappa shape index (κ3) is 3.44. The number of nitrogens with zero attached hydrogens (tertiary/aromatic N) is 1. The van der Waals surface area contributed by atoms with Crippen molar-refractivity contribution in [1.82, 2.24) is 10.2 Å². The van der Waals surface area contributed by atoms with Crippen LogP contribution in [0.4, 0.5) is 4.79 Å². The lowest BCUT2D eigenvalue weighted by Crippen LogP contribution is -2.53. The molecule has 2 amide bonds. The lowest BCUT2D eigenvalue weighted by Gasteiger charge is -2.44. The first-order chi connectivity index (χ1) is 10.2. The number of amides is 2. The summed E-state index contributed by atoms with van der Waals surface area (Å²) in [7, 11) is 0. The molecule has 0 aromatic rings. The lowest BCUT2D eigenvalue weighted by atomic mass is 9.71. The molecular weight excluding hydrogens is 260 g/mol. The molecule has 3 atom stereocenters. The molecule has 21 heavy (non-hydrogen) atoms. The van der Waals surface area contributed by atoms with E-state index in [1.54, 1.807) is 0 Å². The Bertz CT molecular complexity index is 406. The Morgan fingerprint density at radius 1 is 1.19 bits per heavy atom. The highest BCUT2D eigenvalue weighted by atomic mass is 16.2. The second-order valence-electron chi connectivity index (χ2n) is 7.56. The minimum Gasteiger partial charge on any atom is -0.335 e. The van der Waals surface area contributed by atoms with Crippen molar-refractivity contribution in [3.63, 3.8) is 0 Å². The number of hydrogen-bond acceptors (Lipinski definition) is 1. The highest BCUT2D eigenvalue weighted by Crippen LogP contribution is 2.40. The Morgan fingerprint density at radius 2 is 2.05 bits per heavy atom. The summed E-state index contributed by atoms with van der Waals surface area (Å²) in [6.07, 6.45) is 15.7. The van der Waals surface area contributed by atoms with Gasteiger partial charge in [0, 0.05) is 19.1 Å². The maximum atomic E-state index is 12.6. The summed E-state index contributed by atoms with van der Waals surface area (Å²) in [5.74, 6) is 0.638. The van der Waals surface area contributed by atoms with Gasteiger partial charge in [0.2, 0.25) is 0 Å². The third-order valence-corrected chi connectivity index (χ3v) is 5.93. The first-order valence-electron chi connectivity index (χ1n) is 8.89. The molecule has 0 radical (unpaired) electrons. The van der Waals surface area contributed by atoms with Crippen molar-refractivity contribution >= 4 is 6.03 Å². The van der Waals surface area contributed by atoms with Crippen LogP contribution in [-0.4, -0.2) is 30.1 Å². The van der Waals surface area contributed by atoms with Gasteiger partial charge in [-0.15, -0.1) is 0 Å². The molecule has 3 heteroatoms. The van der Waals surface area contributed by atoms with Gasteiger partial charge in [-0.25, -0.2) is 4.79 Å². The summed E-state index contributed by atoms with van der Waals surface area (Å²) < 4.78 is 0. The molecule has 0 aromatic heterocycles. The van der Waals surface area contributed by atoms with E-state index in [1.165, 1.54) is 44.9 Å². The van der Waals surface area contributed by atoms with Crippen LogP contribution in [-0.2, 0) is 0 Å². The molecule has 1 N–H and O–H groups in total. The average Bonchev–Trinajstić information content (AvgIpc) is 2.50. The summed E-state index contributed by atoms with van der Waals surface area (Å²) in [6, 6.07) is 0.595. The highest BCUT2D eigenvalue weighted by molar-refractivity contribution is 5.74. The second-order valence-corrected chi connectivity index (χ2v) is 7.56. The van der Waals surface area contributed by atoms with Crippen molar-refractivity contribution in [2.45, 2.75) is 70.8 Å². The molecule has 0 unspecified atom stereocenters. The lowest BCUT2D eigenvalue weighted by molar-refractivity contribution is 0.0922. The van der Waals surface area contributed by atoms with E-state index in [0.29, 0.717) is 17.4 Å². The fourth-order valence-electron chi connectivity index (χ4n) is 4.48. The number of piperidine rings is 1. The molecule has 0 aromatic carbocycles. The second kappa shape index (κ2) is 6.41. The van der Waals surface area contributed by atoms with E-state index in [1.807, 2.05) is 0 Å². The quantitative estimate of drug-likeness (QED) is 0.725. The molecule has 3 rings (SSSR count). The van der Waals surface area contributed by atoms with E-state index in [4.69, 9.17) is 0 Å². The van der Waals surface area contributed by atoms with Crippen LogP contribution in [0, 0.1) is 11.3 Å². The van der Waals surface area contributed by atoms with Crippen molar-refractivity contribution in [2.24, 2.45) is 11.3 Å². The smallest absolute Gasteiger partial charge is 0.317 e. The largest absolute Gasteiger partial charge is 0.335 e. The Kier molecular flexibility index (Phi) is 4.56. The fourth-order valence-corrected chi connectivity index (χ4v) is 4.48. The molecule has 2 fully saturated rings. The maximum absolute atomic E-state index is 12.6. The minimum absolute atomic E-state index is 0.197. The van der Waals surface area contributed by atoms with Crippen LogP contribution in [0.15, 0.2) is 12.2 Å². The van der Waals surface area contributed by atoms with Crippen LogP contribution in [0.3, 0.4) is 0 Å².